The molecule has 0 aliphatic carbocycles. The summed E-state index contributed by atoms with van der Waals surface area (Å²) < 4.78 is 5.13. The lowest BCUT2D eigenvalue weighted by atomic mass is 10.2. The van der Waals surface area contributed by atoms with E-state index in [0.717, 1.165) is 11.3 Å². The Morgan fingerprint density at radius 1 is 1.04 bits per heavy atom. The minimum Gasteiger partial charge on any atom is -0.497 e. The Morgan fingerprint density at radius 2 is 1.74 bits per heavy atom. The molecule has 0 fully saturated rings. The van der Waals surface area contributed by atoms with Gasteiger partial charge in [0.25, 0.3) is 5.91 Å². The zero-order valence-electron chi connectivity index (χ0n) is 14.8. The van der Waals surface area contributed by atoms with Gasteiger partial charge in [-0.15, -0.1) is 10.2 Å². The highest BCUT2D eigenvalue weighted by Crippen LogP contribution is 2.27. The highest BCUT2D eigenvalue weighted by Gasteiger charge is 2.18. The van der Waals surface area contributed by atoms with Crippen LogP contribution < -0.4 is 15.4 Å². The van der Waals surface area contributed by atoms with Crippen LogP contribution in [0.1, 0.15) is 17.3 Å². The van der Waals surface area contributed by atoms with E-state index in [0.29, 0.717) is 15.7 Å². The van der Waals surface area contributed by atoms with Gasteiger partial charge in [0.1, 0.15) is 16.8 Å². The van der Waals surface area contributed by atoms with E-state index < -0.39 is 6.04 Å². The van der Waals surface area contributed by atoms with Gasteiger partial charge in [-0.05, 0) is 43.3 Å². The first-order chi connectivity index (χ1) is 13.1. The summed E-state index contributed by atoms with van der Waals surface area (Å²) in [5.41, 5.74) is 1.37. The number of nitrogens with one attached hydrogen (secondary N) is 2. The Labute approximate surface area is 160 Å². The molecule has 3 rings (SSSR count). The van der Waals surface area contributed by atoms with Gasteiger partial charge in [0.15, 0.2) is 0 Å². The minimum atomic E-state index is -0.717. The number of amides is 2. The second-order valence-electron chi connectivity index (χ2n) is 5.69. The fourth-order valence-corrected chi connectivity index (χ4v) is 3.02. The van der Waals surface area contributed by atoms with Crippen molar-refractivity contribution in [3.63, 3.8) is 0 Å². The minimum absolute atomic E-state index is 0.311. The Bertz CT molecular complexity index is 926. The predicted molar refractivity (Wildman–Crippen MR) is 104 cm³/mol. The Balaban J connectivity index is 1.60. The number of carbonyl (C=O) groups excluding carboxylic acids is 2. The summed E-state index contributed by atoms with van der Waals surface area (Å²) >= 11 is 1.25. The zero-order valence-corrected chi connectivity index (χ0v) is 15.6. The van der Waals surface area contributed by atoms with Crippen LogP contribution in [-0.2, 0) is 4.79 Å². The average Bonchev–Trinajstić information content (AvgIpc) is 3.17. The molecule has 0 aliphatic rings. The number of methoxy groups -OCH3 is 1. The Morgan fingerprint density at radius 3 is 2.41 bits per heavy atom. The van der Waals surface area contributed by atoms with Crippen LogP contribution in [0.5, 0.6) is 5.75 Å². The fourth-order valence-electron chi connectivity index (χ4n) is 2.27. The molecule has 2 N–H and O–H groups in total. The van der Waals surface area contributed by atoms with E-state index in [2.05, 4.69) is 20.8 Å². The fraction of sp³-hybridized carbons (Fsp3) is 0.158. The summed E-state index contributed by atoms with van der Waals surface area (Å²) in [5.74, 6) is 0.0749. The van der Waals surface area contributed by atoms with E-state index >= 15 is 0 Å². The summed E-state index contributed by atoms with van der Waals surface area (Å²) in [6, 6.07) is 15.4. The second-order valence-corrected chi connectivity index (χ2v) is 6.67. The second kappa shape index (κ2) is 8.41. The Hall–Kier alpha value is -3.26. The molecule has 0 saturated carbocycles. The first-order valence-corrected chi connectivity index (χ1v) is 9.03. The van der Waals surface area contributed by atoms with Crippen LogP contribution in [0.3, 0.4) is 0 Å². The number of hydrogen-bond acceptors (Lipinski definition) is 6. The van der Waals surface area contributed by atoms with E-state index in [1.807, 2.05) is 30.3 Å². The standard InChI is InChI=1S/C19H18N4O3S/c1-12(20-17(25)13-6-4-3-5-7-13)16(24)21-19-23-22-18(27-19)14-8-10-15(26-2)11-9-14/h3-12H,1-2H3,(H,20,25)(H,21,23,24). The third kappa shape index (κ3) is 4.68. The number of ether oxygens (including phenoxy) is 1. The van der Waals surface area contributed by atoms with E-state index in [9.17, 15) is 9.59 Å². The van der Waals surface area contributed by atoms with Gasteiger partial charge in [-0.25, -0.2) is 0 Å². The zero-order chi connectivity index (χ0) is 19.2. The van der Waals surface area contributed by atoms with Crippen molar-refractivity contribution in [2.75, 3.05) is 12.4 Å². The molecule has 0 aliphatic heterocycles. The van der Waals surface area contributed by atoms with Crippen molar-refractivity contribution in [2.24, 2.45) is 0 Å². The largest absolute Gasteiger partial charge is 0.497 e. The molecule has 0 saturated heterocycles. The number of carbonyl (C=O) groups is 2. The molecule has 1 aromatic heterocycles. The lowest BCUT2D eigenvalue weighted by Crippen LogP contribution is -2.41. The molecular formula is C19H18N4O3S. The van der Waals surface area contributed by atoms with Crippen molar-refractivity contribution in [3.8, 4) is 16.3 Å². The van der Waals surface area contributed by atoms with Gasteiger partial charge in [-0.2, -0.15) is 0 Å². The summed E-state index contributed by atoms with van der Waals surface area (Å²) in [7, 11) is 1.60. The van der Waals surface area contributed by atoms with Crippen molar-refractivity contribution in [3.05, 3.63) is 60.2 Å². The van der Waals surface area contributed by atoms with E-state index in [1.54, 1.807) is 38.3 Å². The molecule has 2 amide bonds. The smallest absolute Gasteiger partial charge is 0.251 e. The molecule has 7 nitrogen and oxygen atoms in total. The average molecular weight is 382 g/mol. The SMILES string of the molecule is COc1ccc(-c2nnc(NC(=O)C(C)NC(=O)c3ccccc3)s2)cc1. The molecule has 0 spiro atoms. The van der Waals surface area contributed by atoms with Gasteiger partial charge >= 0.3 is 0 Å². The highest BCUT2D eigenvalue weighted by molar-refractivity contribution is 7.18. The van der Waals surface area contributed by atoms with Crippen LogP contribution in [0, 0.1) is 0 Å². The van der Waals surface area contributed by atoms with Gasteiger partial charge in [0.2, 0.25) is 11.0 Å². The molecule has 8 heteroatoms. The summed E-state index contributed by atoms with van der Waals surface area (Å²) in [5, 5.41) is 14.5. The predicted octanol–water partition coefficient (Wildman–Crippen LogP) is 2.97. The monoisotopic (exact) mass is 382 g/mol. The first kappa shape index (κ1) is 18.5. The quantitative estimate of drug-likeness (QED) is 0.684. The Kier molecular flexibility index (Phi) is 5.77. The topological polar surface area (TPSA) is 93.2 Å². The summed E-state index contributed by atoms with van der Waals surface area (Å²) in [6.45, 7) is 1.61. The van der Waals surface area contributed by atoms with Crippen LogP contribution in [-0.4, -0.2) is 35.2 Å². The molecule has 0 bridgehead atoms. The summed E-state index contributed by atoms with van der Waals surface area (Å²) in [4.78, 5) is 24.4. The van der Waals surface area contributed by atoms with E-state index in [1.165, 1.54) is 11.3 Å². The molecule has 27 heavy (non-hydrogen) atoms. The van der Waals surface area contributed by atoms with Gasteiger partial charge in [-0.1, -0.05) is 29.5 Å². The van der Waals surface area contributed by atoms with Crippen molar-refractivity contribution >= 4 is 28.3 Å². The number of rotatable bonds is 6. The van der Waals surface area contributed by atoms with Crippen LogP contribution >= 0.6 is 11.3 Å². The maximum Gasteiger partial charge on any atom is 0.251 e. The molecule has 0 radical (unpaired) electrons. The maximum atomic E-state index is 12.3. The van der Waals surface area contributed by atoms with Crippen LogP contribution in [0.4, 0.5) is 5.13 Å². The number of benzene rings is 2. The molecule has 1 heterocycles. The number of anilines is 1. The van der Waals surface area contributed by atoms with Crippen molar-refractivity contribution in [1.82, 2.24) is 15.5 Å². The molecule has 1 unspecified atom stereocenters. The van der Waals surface area contributed by atoms with Gasteiger partial charge in [0, 0.05) is 11.1 Å². The van der Waals surface area contributed by atoms with Crippen LogP contribution in [0.15, 0.2) is 54.6 Å². The van der Waals surface area contributed by atoms with E-state index in [4.69, 9.17) is 4.74 Å². The third-order valence-electron chi connectivity index (χ3n) is 3.77. The van der Waals surface area contributed by atoms with Crippen molar-refractivity contribution in [2.45, 2.75) is 13.0 Å². The third-order valence-corrected chi connectivity index (χ3v) is 4.66. The number of hydrogen-bond donors (Lipinski definition) is 2. The van der Waals surface area contributed by atoms with Crippen LogP contribution in [0.2, 0.25) is 0 Å². The lowest BCUT2D eigenvalue weighted by Gasteiger charge is -2.12. The highest BCUT2D eigenvalue weighted by atomic mass is 32.1. The van der Waals surface area contributed by atoms with Gasteiger partial charge < -0.3 is 10.1 Å². The van der Waals surface area contributed by atoms with Gasteiger partial charge in [-0.3, -0.25) is 14.9 Å². The van der Waals surface area contributed by atoms with Crippen LogP contribution in [0.25, 0.3) is 10.6 Å². The van der Waals surface area contributed by atoms with Crippen molar-refractivity contribution < 1.29 is 14.3 Å². The number of aromatic nitrogens is 2. The molecule has 138 valence electrons. The van der Waals surface area contributed by atoms with Gasteiger partial charge in [0.05, 0.1) is 7.11 Å². The number of nitrogens with zero attached hydrogens (tertiary/aromatic N) is 2. The van der Waals surface area contributed by atoms with E-state index in [-0.39, 0.29) is 11.8 Å². The maximum absolute atomic E-state index is 12.3. The molecule has 3 aromatic rings. The normalized spacial score (nSPS) is 11.5. The molecule has 1 atom stereocenters. The molecular weight excluding hydrogens is 364 g/mol. The van der Waals surface area contributed by atoms with Crippen molar-refractivity contribution in [1.29, 1.82) is 0 Å². The summed E-state index contributed by atoms with van der Waals surface area (Å²) in [6.07, 6.45) is 0. The first-order valence-electron chi connectivity index (χ1n) is 8.21. The lowest BCUT2D eigenvalue weighted by molar-refractivity contribution is -0.117. The molecule has 2 aromatic carbocycles.